The Kier molecular flexibility index (Phi) is 3.64. The van der Waals surface area contributed by atoms with Gasteiger partial charge < -0.3 is 0 Å². The molecule has 2 nitrogen and oxygen atoms in total. The normalized spacial score (nSPS) is 10.7. The van der Waals surface area contributed by atoms with Gasteiger partial charge in [-0.15, -0.1) is 0 Å². The Morgan fingerprint density at radius 1 is 0.900 bits per heavy atom. The summed E-state index contributed by atoms with van der Waals surface area (Å²) >= 11 is 0. The highest BCUT2D eigenvalue weighted by Gasteiger charge is 2.03. The molecule has 0 aliphatic carbocycles. The van der Waals surface area contributed by atoms with E-state index in [0.717, 1.165) is 17.7 Å². The molecule has 0 saturated heterocycles. The van der Waals surface area contributed by atoms with Gasteiger partial charge in [-0.1, -0.05) is 55.8 Å². The Morgan fingerprint density at radius 2 is 1.65 bits per heavy atom. The Balaban J connectivity index is 1.86. The lowest BCUT2D eigenvalue weighted by atomic mass is 10.1. The van der Waals surface area contributed by atoms with Gasteiger partial charge in [-0.25, -0.2) is 4.68 Å². The van der Waals surface area contributed by atoms with Crippen molar-refractivity contribution in [2.75, 3.05) is 0 Å². The minimum atomic E-state index is 1.10. The lowest BCUT2D eigenvalue weighted by molar-refractivity contribution is 0.874. The molecule has 3 aromatic rings. The van der Waals surface area contributed by atoms with Crippen LogP contribution in [0.4, 0.5) is 0 Å². The van der Waals surface area contributed by atoms with Crippen LogP contribution in [-0.2, 0) is 6.42 Å². The van der Waals surface area contributed by atoms with Crippen LogP contribution >= 0.6 is 0 Å². The third kappa shape index (κ3) is 2.64. The van der Waals surface area contributed by atoms with Crippen molar-refractivity contribution in [3.8, 4) is 16.8 Å². The van der Waals surface area contributed by atoms with Crippen LogP contribution in [-0.4, -0.2) is 9.78 Å². The van der Waals surface area contributed by atoms with Crippen LogP contribution in [0, 0.1) is 0 Å². The highest BCUT2D eigenvalue weighted by molar-refractivity contribution is 5.62. The van der Waals surface area contributed by atoms with E-state index in [0.29, 0.717) is 0 Å². The highest BCUT2D eigenvalue weighted by Crippen LogP contribution is 2.19. The molecule has 0 N–H and O–H groups in total. The van der Waals surface area contributed by atoms with Crippen LogP contribution in [0.2, 0.25) is 0 Å². The van der Waals surface area contributed by atoms with Crippen LogP contribution < -0.4 is 0 Å². The zero-order chi connectivity index (χ0) is 13.8. The van der Waals surface area contributed by atoms with Crippen molar-refractivity contribution in [2.24, 2.45) is 0 Å². The van der Waals surface area contributed by atoms with Gasteiger partial charge >= 0.3 is 0 Å². The molecular formula is C18H18N2. The molecule has 0 radical (unpaired) electrons. The Bertz CT molecular complexity index is 666. The van der Waals surface area contributed by atoms with E-state index in [9.17, 15) is 0 Å². The molecule has 0 atom stereocenters. The molecule has 0 aliphatic rings. The van der Waals surface area contributed by atoms with Crippen molar-refractivity contribution in [1.29, 1.82) is 0 Å². The molecule has 2 aromatic carbocycles. The average Bonchev–Trinajstić information content (AvgIpc) is 2.99. The first kappa shape index (κ1) is 12.7. The van der Waals surface area contributed by atoms with Crippen molar-refractivity contribution in [3.05, 3.63) is 72.6 Å². The molecule has 2 heteroatoms. The van der Waals surface area contributed by atoms with Gasteiger partial charge in [0.15, 0.2) is 0 Å². The molecule has 3 rings (SSSR count). The summed E-state index contributed by atoms with van der Waals surface area (Å²) in [6.07, 6.45) is 6.30. The number of benzene rings is 2. The molecule has 0 fully saturated rings. The molecule has 0 amide bonds. The third-order valence-corrected chi connectivity index (χ3v) is 3.43. The van der Waals surface area contributed by atoms with E-state index in [1.165, 1.54) is 17.5 Å². The van der Waals surface area contributed by atoms with Crippen molar-refractivity contribution in [1.82, 2.24) is 9.78 Å². The fourth-order valence-corrected chi connectivity index (χ4v) is 2.35. The van der Waals surface area contributed by atoms with Gasteiger partial charge in [-0.2, -0.15) is 5.10 Å². The van der Waals surface area contributed by atoms with Gasteiger partial charge in [0, 0.05) is 11.8 Å². The van der Waals surface area contributed by atoms with E-state index in [4.69, 9.17) is 0 Å². The minimum absolute atomic E-state index is 1.10. The SMILES string of the molecule is CCCc1ccc(-n2cc(-c3ccccc3)cn2)cc1. The summed E-state index contributed by atoms with van der Waals surface area (Å²) in [7, 11) is 0. The predicted molar refractivity (Wildman–Crippen MR) is 83.0 cm³/mol. The molecule has 0 unspecified atom stereocenters. The van der Waals surface area contributed by atoms with Gasteiger partial charge in [-0.05, 0) is 29.7 Å². The standard InChI is InChI=1S/C18H18N2/c1-2-6-15-9-11-18(12-10-15)20-14-17(13-19-20)16-7-4-3-5-8-16/h3-5,7-14H,2,6H2,1H3. The molecule has 0 aliphatic heterocycles. The zero-order valence-corrected chi connectivity index (χ0v) is 11.7. The molecule has 1 aromatic heterocycles. The van der Waals surface area contributed by atoms with Gasteiger partial charge in [0.25, 0.3) is 0 Å². The largest absolute Gasteiger partial charge is 0.240 e. The van der Waals surface area contributed by atoms with Gasteiger partial charge in [0.2, 0.25) is 0 Å². The lowest BCUT2D eigenvalue weighted by Crippen LogP contribution is -1.94. The lowest BCUT2D eigenvalue weighted by Gasteiger charge is -2.03. The molecule has 20 heavy (non-hydrogen) atoms. The molecule has 0 bridgehead atoms. The maximum atomic E-state index is 4.46. The number of hydrogen-bond acceptors (Lipinski definition) is 1. The van der Waals surface area contributed by atoms with Crippen LogP contribution in [0.25, 0.3) is 16.8 Å². The van der Waals surface area contributed by atoms with E-state index in [2.05, 4.69) is 54.6 Å². The number of hydrogen-bond donors (Lipinski definition) is 0. The summed E-state index contributed by atoms with van der Waals surface area (Å²) in [6.45, 7) is 2.20. The molecular weight excluding hydrogens is 244 g/mol. The first-order valence-electron chi connectivity index (χ1n) is 7.06. The average molecular weight is 262 g/mol. The molecule has 100 valence electrons. The summed E-state index contributed by atoms with van der Waals surface area (Å²) in [5, 5.41) is 4.46. The van der Waals surface area contributed by atoms with Crippen molar-refractivity contribution < 1.29 is 0 Å². The van der Waals surface area contributed by atoms with Crippen LogP contribution in [0.1, 0.15) is 18.9 Å². The summed E-state index contributed by atoms with van der Waals surface area (Å²) in [4.78, 5) is 0. The smallest absolute Gasteiger partial charge is 0.0645 e. The van der Waals surface area contributed by atoms with Crippen LogP contribution in [0.3, 0.4) is 0 Å². The Morgan fingerprint density at radius 3 is 2.35 bits per heavy atom. The van der Waals surface area contributed by atoms with Gasteiger partial charge in [-0.3, -0.25) is 0 Å². The fourth-order valence-electron chi connectivity index (χ4n) is 2.35. The second kappa shape index (κ2) is 5.74. The maximum Gasteiger partial charge on any atom is 0.0645 e. The maximum absolute atomic E-state index is 4.46. The molecule has 0 spiro atoms. The third-order valence-electron chi connectivity index (χ3n) is 3.43. The van der Waals surface area contributed by atoms with E-state index in [1.54, 1.807) is 0 Å². The Hall–Kier alpha value is -2.35. The zero-order valence-electron chi connectivity index (χ0n) is 11.7. The van der Waals surface area contributed by atoms with Gasteiger partial charge in [0.1, 0.15) is 0 Å². The van der Waals surface area contributed by atoms with Crippen molar-refractivity contribution in [2.45, 2.75) is 19.8 Å². The fraction of sp³-hybridized carbons (Fsp3) is 0.167. The number of aromatic nitrogens is 2. The number of rotatable bonds is 4. The molecule has 0 saturated carbocycles. The summed E-state index contributed by atoms with van der Waals surface area (Å²) in [5.74, 6) is 0. The summed E-state index contributed by atoms with van der Waals surface area (Å²) in [6, 6.07) is 19.0. The van der Waals surface area contributed by atoms with E-state index >= 15 is 0 Å². The monoisotopic (exact) mass is 262 g/mol. The minimum Gasteiger partial charge on any atom is -0.240 e. The quantitative estimate of drug-likeness (QED) is 0.677. The topological polar surface area (TPSA) is 17.8 Å². The summed E-state index contributed by atoms with van der Waals surface area (Å²) in [5.41, 5.74) is 4.82. The first-order chi connectivity index (χ1) is 9.86. The highest BCUT2D eigenvalue weighted by atomic mass is 15.3. The van der Waals surface area contributed by atoms with Crippen LogP contribution in [0.5, 0.6) is 0 Å². The van der Waals surface area contributed by atoms with Crippen LogP contribution in [0.15, 0.2) is 67.0 Å². The summed E-state index contributed by atoms with van der Waals surface area (Å²) < 4.78 is 1.93. The van der Waals surface area contributed by atoms with E-state index < -0.39 is 0 Å². The predicted octanol–water partition coefficient (Wildman–Crippen LogP) is 4.49. The first-order valence-corrected chi connectivity index (χ1v) is 7.06. The molecule has 1 heterocycles. The van der Waals surface area contributed by atoms with Gasteiger partial charge in [0.05, 0.1) is 11.9 Å². The van der Waals surface area contributed by atoms with E-state index in [-0.39, 0.29) is 0 Å². The van der Waals surface area contributed by atoms with E-state index in [1.807, 2.05) is 29.1 Å². The second-order valence-corrected chi connectivity index (χ2v) is 4.96. The Labute approximate surface area is 119 Å². The number of nitrogens with zero attached hydrogens (tertiary/aromatic N) is 2. The number of aryl methyl sites for hydroxylation is 1. The van der Waals surface area contributed by atoms with Crippen molar-refractivity contribution in [3.63, 3.8) is 0 Å². The van der Waals surface area contributed by atoms with Crippen molar-refractivity contribution >= 4 is 0 Å². The second-order valence-electron chi connectivity index (χ2n) is 4.96.